The number of hydrogen-bond donors (Lipinski definition) is 4. The molecule has 2 heterocycles. The number of anilines is 1. The molecule has 5 N–H and O–H groups in total. The van der Waals surface area contributed by atoms with E-state index in [-0.39, 0.29) is 19.5 Å². The molecule has 2 atom stereocenters. The molecule has 2 unspecified atom stereocenters. The Morgan fingerprint density at radius 2 is 2.36 bits per heavy atom. The number of thiazole rings is 1. The van der Waals surface area contributed by atoms with Crippen LogP contribution in [0.4, 0.5) is 9.93 Å². The van der Waals surface area contributed by atoms with Crippen LogP contribution in [0.5, 0.6) is 0 Å². The third-order valence-electron chi connectivity index (χ3n) is 3.50. The summed E-state index contributed by atoms with van der Waals surface area (Å²) in [4.78, 5) is 40.1. The van der Waals surface area contributed by atoms with Crippen molar-refractivity contribution in [3.05, 3.63) is 11.6 Å². The highest BCUT2D eigenvalue weighted by atomic mass is 32.1. The fourth-order valence-electron chi connectivity index (χ4n) is 2.12. The van der Waals surface area contributed by atoms with E-state index in [1.54, 1.807) is 5.38 Å². The van der Waals surface area contributed by atoms with Crippen molar-refractivity contribution in [3.63, 3.8) is 0 Å². The Hall–Kier alpha value is -2.20. The Morgan fingerprint density at radius 3 is 2.95 bits per heavy atom. The van der Waals surface area contributed by atoms with Gasteiger partial charge in [-0.2, -0.15) is 0 Å². The number of hydrogen-bond acceptors (Lipinski definition) is 6. The van der Waals surface area contributed by atoms with E-state index in [0.717, 1.165) is 0 Å². The summed E-state index contributed by atoms with van der Waals surface area (Å²) in [5.74, 6) is -1.26. The number of urea groups is 1. The Bertz CT molecular complexity index is 578. The maximum atomic E-state index is 12.2. The molecule has 1 aromatic rings. The molecule has 9 nitrogen and oxygen atoms in total. The van der Waals surface area contributed by atoms with E-state index in [9.17, 15) is 19.5 Å². The minimum Gasteiger partial charge on any atom is -0.378 e. The average molecular weight is 327 g/mol. The van der Waals surface area contributed by atoms with Crippen molar-refractivity contribution in [1.82, 2.24) is 15.2 Å². The van der Waals surface area contributed by atoms with Crippen molar-refractivity contribution >= 4 is 34.3 Å². The van der Waals surface area contributed by atoms with Gasteiger partial charge in [-0.1, -0.05) is 0 Å². The zero-order valence-electron chi connectivity index (χ0n) is 11.9. The lowest BCUT2D eigenvalue weighted by molar-refractivity contribution is -0.146. The van der Waals surface area contributed by atoms with Crippen LogP contribution < -0.4 is 16.4 Å². The molecular weight excluding hydrogens is 310 g/mol. The maximum Gasteiger partial charge on any atom is 0.321 e. The summed E-state index contributed by atoms with van der Waals surface area (Å²) < 4.78 is 0. The summed E-state index contributed by atoms with van der Waals surface area (Å²) in [6, 6.07) is -1.37. The number of rotatable bonds is 5. The fourth-order valence-corrected chi connectivity index (χ4v) is 2.65. The first-order valence-corrected chi connectivity index (χ1v) is 7.48. The molecule has 1 aromatic heterocycles. The number of aliphatic hydroxyl groups is 1. The molecular formula is C12H17N5O4S. The zero-order chi connectivity index (χ0) is 16.3. The van der Waals surface area contributed by atoms with Gasteiger partial charge in [0, 0.05) is 24.5 Å². The molecule has 0 spiro atoms. The van der Waals surface area contributed by atoms with Gasteiger partial charge in [-0.25, -0.2) is 9.78 Å². The first-order valence-electron chi connectivity index (χ1n) is 6.60. The quantitative estimate of drug-likeness (QED) is 0.555. The predicted molar refractivity (Wildman–Crippen MR) is 79.1 cm³/mol. The summed E-state index contributed by atoms with van der Waals surface area (Å²) in [7, 11) is 0. The lowest BCUT2D eigenvalue weighted by Gasteiger charge is -2.25. The van der Waals surface area contributed by atoms with Crippen molar-refractivity contribution < 1.29 is 19.5 Å². The van der Waals surface area contributed by atoms with E-state index in [1.165, 1.54) is 29.4 Å². The number of carbonyl (C=O) groups excluding carboxylic acids is 3. The molecule has 10 heteroatoms. The van der Waals surface area contributed by atoms with Crippen LogP contribution in [-0.2, 0) is 9.59 Å². The molecule has 0 aliphatic carbocycles. The minimum absolute atomic E-state index is 0.112. The predicted octanol–water partition coefficient (Wildman–Crippen LogP) is -0.898. The van der Waals surface area contributed by atoms with Gasteiger partial charge in [0.15, 0.2) is 10.7 Å². The lowest BCUT2D eigenvalue weighted by atomic mass is 10.0. The van der Waals surface area contributed by atoms with Crippen molar-refractivity contribution in [2.45, 2.75) is 25.0 Å². The summed E-state index contributed by atoms with van der Waals surface area (Å²) >= 11 is 1.24. The second kappa shape index (κ2) is 6.28. The number of nitrogens with one attached hydrogen (secondary N) is 2. The average Bonchev–Trinajstić information content (AvgIpc) is 3.06. The topological polar surface area (TPSA) is 138 Å². The SMILES string of the molecule is CC(C(N)=O)N1CCC(O)(CNC(=O)Nc2nccs2)C1=O. The molecule has 0 saturated carbocycles. The van der Waals surface area contributed by atoms with Gasteiger partial charge in [0.1, 0.15) is 6.04 Å². The van der Waals surface area contributed by atoms with Crippen molar-refractivity contribution in [2.75, 3.05) is 18.4 Å². The largest absolute Gasteiger partial charge is 0.378 e. The monoisotopic (exact) mass is 327 g/mol. The first-order chi connectivity index (χ1) is 10.3. The number of aromatic nitrogens is 1. The summed E-state index contributed by atoms with van der Waals surface area (Å²) in [6.45, 7) is 1.44. The van der Waals surface area contributed by atoms with Crippen LogP contribution >= 0.6 is 11.3 Å². The Labute approximate surface area is 130 Å². The van der Waals surface area contributed by atoms with E-state index in [0.29, 0.717) is 5.13 Å². The van der Waals surface area contributed by atoms with Crippen LogP contribution in [0.3, 0.4) is 0 Å². The smallest absolute Gasteiger partial charge is 0.321 e. The van der Waals surface area contributed by atoms with Crippen molar-refractivity contribution in [2.24, 2.45) is 5.73 Å². The Kier molecular flexibility index (Phi) is 4.62. The molecule has 2 rings (SSSR count). The molecule has 1 aliphatic rings. The fraction of sp³-hybridized carbons (Fsp3) is 0.500. The third-order valence-corrected chi connectivity index (χ3v) is 4.19. The number of carbonyl (C=O) groups is 3. The van der Waals surface area contributed by atoms with E-state index in [1.807, 2.05) is 0 Å². The Balaban J connectivity index is 1.90. The van der Waals surface area contributed by atoms with Gasteiger partial charge in [-0.05, 0) is 6.92 Å². The van der Waals surface area contributed by atoms with Gasteiger partial charge in [0.05, 0.1) is 6.54 Å². The van der Waals surface area contributed by atoms with Crippen LogP contribution in [0.25, 0.3) is 0 Å². The second-order valence-electron chi connectivity index (χ2n) is 5.00. The highest BCUT2D eigenvalue weighted by Gasteiger charge is 2.47. The molecule has 1 fully saturated rings. The molecule has 0 bridgehead atoms. The summed E-state index contributed by atoms with van der Waals surface area (Å²) in [5.41, 5.74) is 3.43. The number of likely N-dealkylation sites (tertiary alicyclic amines) is 1. The third kappa shape index (κ3) is 3.34. The summed E-state index contributed by atoms with van der Waals surface area (Å²) in [6.07, 6.45) is 1.65. The molecule has 1 saturated heterocycles. The maximum absolute atomic E-state index is 12.2. The normalized spacial score (nSPS) is 22.5. The highest BCUT2D eigenvalue weighted by Crippen LogP contribution is 2.24. The van der Waals surface area contributed by atoms with Gasteiger partial charge in [-0.15, -0.1) is 11.3 Å². The molecule has 0 aromatic carbocycles. The van der Waals surface area contributed by atoms with E-state index < -0.39 is 29.5 Å². The molecule has 1 aliphatic heterocycles. The van der Waals surface area contributed by atoms with Gasteiger partial charge in [0.2, 0.25) is 5.91 Å². The molecule has 22 heavy (non-hydrogen) atoms. The van der Waals surface area contributed by atoms with Crippen LogP contribution in [0.2, 0.25) is 0 Å². The van der Waals surface area contributed by atoms with E-state index >= 15 is 0 Å². The summed E-state index contributed by atoms with van der Waals surface area (Å²) in [5, 5.41) is 17.3. The Morgan fingerprint density at radius 1 is 1.64 bits per heavy atom. The van der Waals surface area contributed by atoms with Crippen LogP contribution in [0, 0.1) is 0 Å². The van der Waals surface area contributed by atoms with Gasteiger partial charge in [-0.3, -0.25) is 14.9 Å². The van der Waals surface area contributed by atoms with Gasteiger partial charge >= 0.3 is 6.03 Å². The lowest BCUT2D eigenvalue weighted by Crippen LogP contribution is -2.52. The van der Waals surface area contributed by atoms with Gasteiger partial charge < -0.3 is 21.1 Å². The van der Waals surface area contributed by atoms with Crippen LogP contribution in [0.15, 0.2) is 11.6 Å². The van der Waals surface area contributed by atoms with Crippen LogP contribution in [0.1, 0.15) is 13.3 Å². The van der Waals surface area contributed by atoms with Crippen molar-refractivity contribution in [3.8, 4) is 0 Å². The molecule has 120 valence electrons. The van der Waals surface area contributed by atoms with Gasteiger partial charge in [0.25, 0.3) is 5.91 Å². The number of nitrogens with two attached hydrogens (primary N) is 1. The zero-order valence-corrected chi connectivity index (χ0v) is 12.7. The number of nitrogens with zero attached hydrogens (tertiary/aromatic N) is 2. The molecule has 0 radical (unpaired) electrons. The minimum atomic E-state index is -1.73. The number of amides is 4. The number of primary amides is 1. The standard InChI is InChI=1S/C12H17N5O4S/c1-7(8(13)18)17-4-2-12(21,9(17)19)6-15-10(20)16-11-14-3-5-22-11/h3,5,7,21H,2,4,6H2,1H3,(H2,13,18)(H2,14,15,16,20). The first kappa shape index (κ1) is 16.2. The molecule has 4 amide bonds. The van der Waals surface area contributed by atoms with E-state index in [4.69, 9.17) is 5.73 Å². The van der Waals surface area contributed by atoms with Crippen LogP contribution in [-0.4, -0.2) is 57.6 Å². The van der Waals surface area contributed by atoms with E-state index in [2.05, 4.69) is 15.6 Å². The van der Waals surface area contributed by atoms with Crippen molar-refractivity contribution in [1.29, 1.82) is 0 Å². The highest BCUT2D eigenvalue weighted by molar-refractivity contribution is 7.13. The second-order valence-corrected chi connectivity index (χ2v) is 5.90.